The molecule has 0 saturated heterocycles. The Morgan fingerprint density at radius 1 is 0.387 bits per heavy atom. The number of hydrogen-bond acceptors (Lipinski definition) is 23. The summed E-state index contributed by atoms with van der Waals surface area (Å²) in [6, 6.07) is -9.23. The summed E-state index contributed by atoms with van der Waals surface area (Å²) in [6.45, 7) is 2.88. The van der Waals surface area contributed by atoms with E-state index in [2.05, 4.69) is 78.8 Å². The van der Waals surface area contributed by atoms with E-state index >= 15 is 0 Å². The number of carboxylic acids is 1. The number of aliphatic hydroxyl groups is 1. The smallest absolute Gasteiger partial charge is 0.326 e. The van der Waals surface area contributed by atoms with Gasteiger partial charge in [0.1, 0.15) is 66.5 Å². The second-order valence-corrected chi connectivity index (χ2v) is 26.5. The number of carbonyl (C=O) groups is 15. The molecule has 44 heteroatoms. The predicted molar refractivity (Wildman–Crippen MR) is 408 cm³/mol. The number of aliphatic imine (C=N–C) groups is 3. The first kappa shape index (κ1) is 97.9. The predicted octanol–water partition coefficient (Wildman–Crippen LogP) is -10.6. The topological polar surface area (TPSA) is 790 Å². The Balaban J connectivity index is 3.55. The van der Waals surface area contributed by atoms with Crippen LogP contribution in [0.15, 0.2) is 45.3 Å². The van der Waals surface area contributed by atoms with Crippen molar-refractivity contribution in [3.63, 3.8) is 0 Å². The number of rotatable bonds is 58. The lowest BCUT2D eigenvalue weighted by Crippen LogP contribution is -2.60. The maximum Gasteiger partial charge on any atom is 0.326 e. The van der Waals surface area contributed by atoms with E-state index in [1.165, 1.54) is 20.8 Å². The van der Waals surface area contributed by atoms with Crippen LogP contribution in [0.4, 0.5) is 0 Å². The monoisotopic (exact) mass is 1570 g/mol. The van der Waals surface area contributed by atoms with Crippen molar-refractivity contribution in [3.8, 4) is 0 Å². The van der Waals surface area contributed by atoms with Crippen LogP contribution in [-0.2, 0) is 78.3 Å². The third-order valence-electron chi connectivity index (χ3n) is 16.7. The number of carboxylic acid groups (broad SMARTS) is 1. The summed E-state index contributed by atoms with van der Waals surface area (Å²) in [4.78, 5) is 215. The van der Waals surface area contributed by atoms with Gasteiger partial charge in [0.15, 0.2) is 17.9 Å². The summed E-state index contributed by atoms with van der Waals surface area (Å²) in [5.41, 5.74) is 67.8. The third kappa shape index (κ3) is 41.9. The first-order chi connectivity index (χ1) is 52.5. The van der Waals surface area contributed by atoms with Crippen LogP contribution in [-0.4, -0.2) is 242 Å². The SMILES string of the molecule is CC(C)[C@H](NC(=O)[C@H](CC(N)=O)NC(=O)[C@H](CCCCN)NC(=O)[C@H](CCC(N)=O)NC(=O)[C@H](CCCN=C(N)N)NC(=O)[C@H](CCCCN)NC(=O)[C@H](CO)NC(=O)CNC(=O)[C@H](CCCCN)NC(=O)[C@H](CCCN=C(N)N)NC(=O)[C@H](C)NC(=O)[C@H](Cc1ccccc1)NC(=O)[C@@H](N)CCCN=C(N)N)C(=O)O. The number of guanidine groups is 3. The first-order valence-electron chi connectivity index (χ1n) is 36.6. The lowest BCUT2D eigenvalue weighted by Gasteiger charge is -2.28. The van der Waals surface area contributed by atoms with E-state index < -0.39 is 200 Å². The lowest BCUT2D eigenvalue weighted by molar-refractivity contribution is -0.143. The second kappa shape index (κ2) is 54.5. The number of nitrogens with two attached hydrogens (primary N) is 12. The van der Waals surface area contributed by atoms with Crippen molar-refractivity contribution in [2.24, 2.45) is 89.7 Å². The minimum Gasteiger partial charge on any atom is -0.480 e. The molecule has 0 spiro atoms. The molecule has 44 nitrogen and oxygen atoms in total. The van der Waals surface area contributed by atoms with Crippen LogP contribution in [0, 0.1) is 5.92 Å². The van der Waals surface area contributed by atoms with Gasteiger partial charge in [-0.3, -0.25) is 82.1 Å². The van der Waals surface area contributed by atoms with Gasteiger partial charge in [-0.15, -0.1) is 0 Å². The van der Waals surface area contributed by atoms with Crippen LogP contribution < -0.4 is 133 Å². The van der Waals surface area contributed by atoms with Crippen molar-refractivity contribution >= 4 is 107 Å². The average molecular weight is 1570 g/mol. The molecule has 14 amide bonds. The van der Waals surface area contributed by atoms with Crippen molar-refractivity contribution in [1.29, 1.82) is 0 Å². The number of aliphatic hydroxyl groups excluding tert-OH is 1. The molecular weight excluding hydrogens is 1450 g/mol. The van der Waals surface area contributed by atoms with Crippen molar-refractivity contribution in [2.45, 2.75) is 215 Å². The number of carbonyl (C=O) groups excluding carboxylic acids is 14. The molecule has 0 aliphatic rings. The fourth-order valence-electron chi connectivity index (χ4n) is 10.6. The van der Waals surface area contributed by atoms with Gasteiger partial charge in [0.2, 0.25) is 82.7 Å². The molecule has 1 aromatic carbocycles. The second-order valence-electron chi connectivity index (χ2n) is 26.5. The van der Waals surface area contributed by atoms with Crippen LogP contribution in [0.2, 0.25) is 0 Å². The Morgan fingerprint density at radius 3 is 1.14 bits per heavy atom. The molecule has 0 aromatic heterocycles. The molecule has 1 rings (SSSR count). The zero-order valence-electron chi connectivity index (χ0n) is 63.3. The summed E-state index contributed by atoms with van der Waals surface area (Å²) in [6.07, 6.45) is -0.446. The van der Waals surface area contributed by atoms with Crippen molar-refractivity contribution < 1.29 is 82.1 Å². The van der Waals surface area contributed by atoms with E-state index in [4.69, 9.17) is 68.8 Å². The Bertz CT molecular complexity index is 3280. The summed E-state index contributed by atoms with van der Waals surface area (Å²) in [5, 5.41) is 49.7. The molecule has 624 valence electrons. The van der Waals surface area contributed by atoms with E-state index in [1.807, 2.05) is 0 Å². The van der Waals surface area contributed by atoms with Crippen LogP contribution >= 0.6 is 0 Å². The highest BCUT2D eigenvalue weighted by molar-refractivity contribution is 6.00. The number of unbranched alkanes of at least 4 members (excludes halogenated alkanes) is 3. The van der Waals surface area contributed by atoms with E-state index in [0.29, 0.717) is 31.2 Å². The molecule has 0 radical (unpaired) electrons. The molecule has 0 unspecified atom stereocenters. The molecule has 0 saturated carbocycles. The van der Waals surface area contributed by atoms with Gasteiger partial charge in [-0.1, -0.05) is 44.2 Å². The number of primary amides is 2. The highest BCUT2D eigenvalue weighted by Crippen LogP contribution is 2.13. The normalized spacial score (nSPS) is 14.2. The molecule has 0 aliphatic heterocycles. The summed E-state index contributed by atoms with van der Waals surface area (Å²) in [5.74, 6) is -16.5. The van der Waals surface area contributed by atoms with Gasteiger partial charge >= 0.3 is 5.97 Å². The van der Waals surface area contributed by atoms with Gasteiger partial charge in [0.05, 0.1) is 25.6 Å². The largest absolute Gasteiger partial charge is 0.480 e. The van der Waals surface area contributed by atoms with E-state index in [0.717, 1.165) is 0 Å². The quantitative estimate of drug-likeness (QED) is 0.0164. The number of nitrogens with zero attached hydrogens (tertiary/aromatic N) is 3. The molecule has 38 N–H and O–H groups in total. The molecule has 0 bridgehead atoms. The first-order valence-corrected chi connectivity index (χ1v) is 36.6. The number of aliphatic carboxylic acids is 1. The van der Waals surface area contributed by atoms with Gasteiger partial charge in [-0.25, -0.2) is 4.79 Å². The third-order valence-corrected chi connectivity index (χ3v) is 16.7. The Labute approximate surface area is 643 Å². The molecule has 0 fully saturated rings. The van der Waals surface area contributed by atoms with Crippen LogP contribution in [0.5, 0.6) is 0 Å². The highest BCUT2D eigenvalue weighted by atomic mass is 16.4. The standard InChI is InChI=1S/C67H119N27O17/c1-36(2)52(64(110)111)94-62(108)47(33-50(73)97)93-59(105)42(21-9-12-28-70)88-60(106)45(24-25-49(72)96)91-58(104)44(23-15-31-82-67(78)79)89-56(102)41(20-8-11-27-69)90-63(109)48(35-95)85-51(98)34-83-55(101)40(19-7-10-26-68)87-57(103)43(22-14-30-81-66(76)77)86-53(99)37(3)84-61(107)46(32-38-16-5-4-6-17-38)92-54(100)39(71)18-13-29-80-65(74)75/h4-6,16-17,36-37,39-48,52,95H,7-15,18-35,68-71H2,1-3H3,(H2,72,96)(H2,73,97)(H,83,101)(H,84,107)(H,85,98)(H,86,99)(H,87,103)(H,88,106)(H,89,102)(H,90,109)(H,91,104)(H,92,100)(H,93,105)(H,94,108)(H,110,111)(H4,74,75,80)(H4,76,77,81)(H4,78,79,82)/t37-,39-,40-,41-,42-,43-,44-,45-,46-,47-,48-,52-/m0/s1. The van der Waals surface area contributed by atoms with E-state index in [-0.39, 0.29) is 134 Å². The lowest BCUT2D eigenvalue weighted by atomic mass is 10.0. The molecule has 111 heavy (non-hydrogen) atoms. The molecule has 0 heterocycles. The van der Waals surface area contributed by atoms with Crippen LogP contribution in [0.3, 0.4) is 0 Å². The maximum atomic E-state index is 14.4. The molecule has 1 aromatic rings. The fraction of sp³-hybridized carbons (Fsp3) is 0.642. The van der Waals surface area contributed by atoms with Crippen LogP contribution in [0.1, 0.15) is 142 Å². The summed E-state index contributed by atoms with van der Waals surface area (Å²) in [7, 11) is 0. The van der Waals surface area contributed by atoms with Gasteiger partial charge in [-0.2, -0.15) is 0 Å². The van der Waals surface area contributed by atoms with E-state index in [1.54, 1.807) is 30.3 Å². The molecular formula is C67H119N27O17. The minimum atomic E-state index is -1.81. The van der Waals surface area contributed by atoms with Gasteiger partial charge in [-0.05, 0) is 141 Å². The Morgan fingerprint density at radius 2 is 0.748 bits per heavy atom. The van der Waals surface area contributed by atoms with Crippen molar-refractivity contribution in [3.05, 3.63) is 35.9 Å². The maximum absolute atomic E-state index is 14.4. The number of amides is 14. The van der Waals surface area contributed by atoms with E-state index in [9.17, 15) is 82.1 Å². The van der Waals surface area contributed by atoms with Crippen molar-refractivity contribution in [1.82, 2.24) is 63.8 Å². The minimum absolute atomic E-state index is 0.00705. The molecule has 0 aliphatic carbocycles. The van der Waals surface area contributed by atoms with Crippen LogP contribution in [0.25, 0.3) is 0 Å². The van der Waals surface area contributed by atoms with Gasteiger partial charge in [0.25, 0.3) is 0 Å². The summed E-state index contributed by atoms with van der Waals surface area (Å²) < 4.78 is 0. The Hall–Kier alpha value is -11.1. The molecule has 12 atom stereocenters. The van der Waals surface area contributed by atoms with Gasteiger partial charge in [0, 0.05) is 32.5 Å². The van der Waals surface area contributed by atoms with Crippen molar-refractivity contribution in [2.75, 3.05) is 52.4 Å². The Kier molecular flexibility index (Phi) is 48.0. The number of nitrogens with one attached hydrogen (secondary N) is 12. The summed E-state index contributed by atoms with van der Waals surface area (Å²) >= 11 is 0. The van der Waals surface area contributed by atoms with Gasteiger partial charge < -0.3 is 143 Å². The zero-order valence-corrected chi connectivity index (χ0v) is 63.3. The fourth-order valence-corrected chi connectivity index (χ4v) is 10.6. The zero-order chi connectivity index (χ0) is 83.7. The number of hydrogen-bond donors (Lipinski definition) is 26. The highest BCUT2D eigenvalue weighted by Gasteiger charge is 2.37. The number of benzene rings is 1. The average Bonchev–Trinajstić information content (AvgIpc) is 0.868.